The number of nitrogens with one attached hydrogen (secondary N) is 6. The highest BCUT2D eigenvalue weighted by molar-refractivity contribution is 8.00. The fourth-order valence-electron chi connectivity index (χ4n) is 7.93. The molecule has 0 radical (unpaired) electrons. The molecule has 5 aliphatic rings. The quantitative estimate of drug-likeness (QED) is 0.142. The summed E-state index contributed by atoms with van der Waals surface area (Å²) in [6, 6.07) is -1.09. The summed E-state index contributed by atoms with van der Waals surface area (Å²) < 4.78 is 63.6. The SMILES string of the molecule is COC1C(NC2CC(C)NN2)NC(SC2CCC(S(=O)(=O)C(C)(C)C3CCCC([N+](=O)[O-])C3F)CC2F)NC1N1CCNCC1. The normalized spacial score (nSPS) is 42.4. The van der Waals surface area contributed by atoms with Crippen molar-refractivity contribution < 1.29 is 26.9 Å². The number of halogens is 2. The zero-order valence-corrected chi connectivity index (χ0v) is 28.3. The number of sulfone groups is 1. The van der Waals surface area contributed by atoms with E-state index in [0.717, 1.165) is 32.6 Å². The molecule has 0 aromatic rings. The van der Waals surface area contributed by atoms with Crippen LogP contribution in [-0.2, 0) is 14.6 Å². The molecule has 12 unspecified atom stereocenters. The van der Waals surface area contributed by atoms with Gasteiger partial charge in [0, 0.05) is 61.8 Å². The van der Waals surface area contributed by atoms with Crippen molar-refractivity contribution in [2.24, 2.45) is 5.92 Å². The molecule has 13 nitrogen and oxygen atoms in total. The van der Waals surface area contributed by atoms with Crippen LogP contribution < -0.4 is 32.1 Å². The van der Waals surface area contributed by atoms with Crippen LogP contribution in [0.2, 0.25) is 0 Å². The third-order valence-corrected chi connectivity index (χ3v) is 15.2. The van der Waals surface area contributed by atoms with Crippen LogP contribution in [0.4, 0.5) is 8.78 Å². The van der Waals surface area contributed by atoms with Gasteiger partial charge in [0.05, 0.1) is 28.5 Å². The number of ether oxygens (including phenoxy) is 1. The van der Waals surface area contributed by atoms with Crippen molar-refractivity contribution in [3.63, 3.8) is 0 Å². The summed E-state index contributed by atoms with van der Waals surface area (Å²) >= 11 is 1.44. The van der Waals surface area contributed by atoms with Crippen molar-refractivity contribution in [3.05, 3.63) is 10.1 Å². The van der Waals surface area contributed by atoms with Crippen LogP contribution in [0.1, 0.15) is 65.7 Å². The van der Waals surface area contributed by atoms with Crippen molar-refractivity contribution in [1.29, 1.82) is 0 Å². The molecule has 12 atom stereocenters. The highest BCUT2D eigenvalue weighted by atomic mass is 32.2. The molecule has 3 saturated heterocycles. The van der Waals surface area contributed by atoms with Gasteiger partial charge in [-0.15, -0.1) is 11.8 Å². The van der Waals surface area contributed by atoms with Gasteiger partial charge in [-0.2, -0.15) is 0 Å². The van der Waals surface area contributed by atoms with Gasteiger partial charge in [-0.25, -0.2) is 22.6 Å². The van der Waals surface area contributed by atoms with Gasteiger partial charge in [0.1, 0.15) is 17.8 Å². The summed E-state index contributed by atoms with van der Waals surface area (Å²) in [4.78, 5) is 13.1. The average molecular weight is 683 g/mol. The summed E-state index contributed by atoms with van der Waals surface area (Å²) in [6.45, 7) is 8.45. The largest absolute Gasteiger partial charge is 0.375 e. The summed E-state index contributed by atoms with van der Waals surface area (Å²) in [6.07, 6.45) is -1.71. The van der Waals surface area contributed by atoms with Gasteiger partial charge in [0.15, 0.2) is 16.0 Å². The highest BCUT2D eigenvalue weighted by Crippen LogP contribution is 2.45. The van der Waals surface area contributed by atoms with E-state index in [-0.39, 0.29) is 55.8 Å². The molecule has 2 aliphatic carbocycles. The molecule has 45 heavy (non-hydrogen) atoms. The lowest BCUT2D eigenvalue weighted by atomic mass is 9.77. The lowest BCUT2D eigenvalue weighted by molar-refractivity contribution is -0.536. The average Bonchev–Trinajstić information content (AvgIpc) is 3.42. The van der Waals surface area contributed by atoms with E-state index in [4.69, 9.17) is 4.74 Å². The zero-order chi connectivity index (χ0) is 32.5. The highest BCUT2D eigenvalue weighted by Gasteiger charge is 2.55. The Morgan fingerprint density at radius 2 is 1.80 bits per heavy atom. The molecule has 2 saturated carbocycles. The Labute approximate surface area is 269 Å². The van der Waals surface area contributed by atoms with E-state index in [9.17, 15) is 18.5 Å². The maximum absolute atomic E-state index is 15.9. The van der Waals surface area contributed by atoms with Crippen LogP contribution in [0.5, 0.6) is 0 Å². The van der Waals surface area contributed by atoms with Gasteiger partial charge in [-0.3, -0.25) is 36.4 Å². The van der Waals surface area contributed by atoms with E-state index in [1.54, 1.807) is 7.11 Å². The molecule has 5 fully saturated rings. The fraction of sp³-hybridized carbons (Fsp3) is 1.00. The van der Waals surface area contributed by atoms with E-state index >= 15 is 8.78 Å². The lowest BCUT2D eigenvalue weighted by Crippen LogP contribution is -2.75. The molecule has 6 N–H and O–H groups in total. The maximum Gasteiger partial charge on any atom is 0.244 e. The van der Waals surface area contributed by atoms with E-state index in [1.165, 1.54) is 25.6 Å². The molecule has 0 amide bonds. The number of thioether (sulfide) groups is 1. The smallest absolute Gasteiger partial charge is 0.244 e. The standard InChI is InChI=1S/C28H52F2N8O5S2/c1-16-14-22(36-35-16)32-25-24(43-4)26(37-12-10-31-11-13-37)34-27(33-25)44-21-9-8-17(15-19(21)29)45(41,42)28(2,3)18-6-5-7-20(23(18)30)38(39)40/h16-27,31-36H,5-15H2,1-4H3. The third-order valence-electron chi connectivity index (χ3n) is 10.7. The molecule has 5 rings (SSSR count). The van der Waals surface area contributed by atoms with E-state index in [2.05, 4.69) is 43.9 Å². The zero-order valence-electron chi connectivity index (χ0n) is 26.7. The molecular weight excluding hydrogens is 630 g/mol. The number of alkyl halides is 2. The number of nitro groups is 1. The minimum absolute atomic E-state index is 0.0224. The molecular formula is C28H52F2N8O5S2. The minimum atomic E-state index is -3.99. The van der Waals surface area contributed by atoms with E-state index < -0.39 is 54.3 Å². The maximum atomic E-state index is 15.9. The van der Waals surface area contributed by atoms with Crippen LogP contribution in [0.15, 0.2) is 0 Å². The first-order chi connectivity index (χ1) is 21.3. The molecule has 0 aromatic carbocycles. The fourth-order valence-corrected chi connectivity index (χ4v) is 11.7. The van der Waals surface area contributed by atoms with Gasteiger partial charge in [-0.05, 0) is 59.3 Å². The van der Waals surface area contributed by atoms with Crippen LogP contribution in [-0.4, -0.2) is 121 Å². The molecule has 17 heteroatoms. The Morgan fingerprint density at radius 3 is 2.42 bits per heavy atom. The summed E-state index contributed by atoms with van der Waals surface area (Å²) in [5, 5.41) is 24.3. The van der Waals surface area contributed by atoms with Gasteiger partial charge >= 0.3 is 0 Å². The van der Waals surface area contributed by atoms with Crippen LogP contribution >= 0.6 is 11.8 Å². The van der Waals surface area contributed by atoms with Crippen molar-refractivity contribution in [2.75, 3.05) is 33.3 Å². The molecule has 0 spiro atoms. The van der Waals surface area contributed by atoms with Crippen molar-refractivity contribution in [1.82, 2.24) is 37.0 Å². The third kappa shape index (κ3) is 7.62. The Hall–Kier alpha value is -0.760. The second-order valence-corrected chi connectivity index (χ2v) is 18.0. The topological polar surface area (TPSA) is 162 Å². The summed E-state index contributed by atoms with van der Waals surface area (Å²) in [5.74, 6) is -1.000. The van der Waals surface area contributed by atoms with Gasteiger partial charge in [0.25, 0.3) is 0 Å². The Balaban J connectivity index is 1.25. The predicted octanol–water partition coefficient (Wildman–Crippen LogP) is 0.807. The second kappa shape index (κ2) is 14.8. The van der Waals surface area contributed by atoms with E-state index in [1.807, 2.05) is 0 Å². The van der Waals surface area contributed by atoms with Crippen LogP contribution in [0.3, 0.4) is 0 Å². The first-order valence-corrected chi connectivity index (χ1v) is 18.9. The van der Waals surface area contributed by atoms with Crippen LogP contribution in [0, 0.1) is 16.0 Å². The van der Waals surface area contributed by atoms with Crippen molar-refractivity contribution >= 4 is 21.6 Å². The predicted molar refractivity (Wildman–Crippen MR) is 170 cm³/mol. The molecule has 3 heterocycles. The number of hydrogen-bond donors (Lipinski definition) is 6. The Kier molecular flexibility index (Phi) is 11.7. The number of hydrazine groups is 1. The molecule has 0 bridgehead atoms. The van der Waals surface area contributed by atoms with Crippen LogP contribution in [0.25, 0.3) is 0 Å². The Bertz CT molecular complexity index is 1120. The number of piperazine rings is 1. The number of nitrogens with zero attached hydrogens (tertiary/aromatic N) is 2. The van der Waals surface area contributed by atoms with Gasteiger partial charge in [0.2, 0.25) is 6.04 Å². The number of methoxy groups -OCH3 is 1. The summed E-state index contributed by atoms with van der Waals surface area (Å²) in [7, 11) is -2.29. The van der Waals surface area contributed by atoms with Gasteiger partial charge < -0.3 is 10.1 Å². The van der Waals surface area contributed by atoms with Gasteiger partial charge in [-0.1, -0.05) is 0 Å². The monoisotopic (exact) mass is 682 g/mol. The first kappa shape index (κ1) is 35.5. The summed E-state index contributed by atoms with van der Waals surface area (Å²) in [5.41, 5.74) is 6.20. The van der Waals surface area contributed by atoms with E-state index in [0.29, 0.717) is 18.9 Å². The minimum Gasteiger partial charge on any atom is -0.375 e. The number of hydrogen-bond acceptors (Lipinski definition) is 13. The first-order valence-electron chi connectivity index (χ1n) is 16.4. The number of rotatable bonds is 10. The molecule has 3 aliphatic heterocycles. The van der Waals surface area contributed by atoms with Crippen molar-refractivity contribution in [3.8, 4) is 0 Å². The lowest BCUT2D eigenvalue weighted by Gasteiger charge is -2.49. The van der Waals surface area contributed by atoms with Crippen molar-refractivity contribution in [2.45, 2.75) is 135 Å². The second-order valence-electron chi connectivity index (χ2n) is 13.9. The Morgan fingerprint density at radius 1 is 1.07 bits per heavy atom. The molecule has 0 aromatic heterocycles. The molecule has 260 valence electrons.